The van der Waals surface area contributed by atoms with Crippen LogP contribution >= 0.6 is 0 Å². The van der Waals surface area contributed by atoms with Crippen molar-refractivity contribution in [2.24, 2.45) is 0 Å². The normalized spacial score (nSPS) is 20.1. The molecule has 0 saturated heterocycles. The highest BCUT2D eigenvalue weighted by molar-refractivity contribution is 5.82. The van der Waals surface area contributed by atoms with Crippen LogP contribution in [0.15, 0.2) is 24.3 Å². The lowest BCUT2D eigenvalue weighted by atomic mass is 10.1. The Morgan fingerprint density at radius 1 is 1.25 bits per heavy atom. The van der Waals surface area contributed by atoms with Crippen molar-refractivity contribution in [1.82, 2.24) is 5.32 Å². The highest BCUT2D eigenvalue weighted by atomic mass is 16.6. The van der Waals surface area contributed by atoms with E-state index >= 15 is 0 Å². The zero-order valence-electron chi connectivity index (χ0n) is 11.4. The third-order valence-electron chi connectivity index (χ3n) is 2.96. The number of nitrogens with one attached hydrogen (secondary N) is 1. The van der Waals surface area contributed by atoms with Crippen LogP contribution in [0.3, 0.4) is 0 Å². The van der Waals surface area contributed by atoms with Crippen LogP contribution in [0.1, 0.15) is 13.3 Å². The third kappa shape index (κ3) is 3.20. The lowest BCUT2D eigenvalue weighted by Crippen LogP contribution is -2.49. The topological polar surface area (TPSA) is 73.9 Å². The predicted octanol–water partition coefficient (Wildman–Crippen LogP) is 0.894. The van der Waals surface area contributed by atoms with Gasteiger partial charge in [0, 0.05) is 6.54 Å². The van der Waals surface area contributed by atoms with Crippen molar-refractivity contribution in [3.8, 4) is 11.5 Å². The van der Waals surface area contributed by atoms with E-state index in [0.29, 0.717) is 11.5 Å². The predicted molar refractivity (Wildman–Crippen MR) is 70.6 cm³/mol. The molecule has 0 aromatic heterocycles. The molecule has 1 aromatic rings. The molecular weight excluding hydrogens is 262 g/mol. The lowest BCUT2D eigenvalue weighted by molar-refractivity contribution is -0.140. The van der Waals surface area contributed by atoms with E-state index in [1.54, 1.807) is 19.1 Å². The van der Waals surface area contributed by atoms with Gasteiger partial charge in [0.25, 0.3) is 5.91 Å². The maximum absolute atomic E-state index is 12.0. The summed E-state index contributed by atoms with van der Waals surface area (Å²) in [5.74, 6) is 0.484. The van der Waals surface area contributed by atoms with Crippen molar-refractivity contribution >= 4 is 11.9 Å². The standard InChI is InChI=1S/C14H17NO5/c1-9-13(14(17)15-8-7-12(16)18-2)20-11-6-4-3-5-10(11)19-9/h3-6,9,13H,7-8H2,1-2H3,(H,15,17). The first kappa shape index (κ1) is 14.2. The van der Waals surface area contributed by atoms with Crippen LogP contribution in [0.2, 0.25) is 0 Å². The lowest BCUT2D eigenvalue weighted by Gasteiger charge is -2.30. The van der Waals surface area contributed by atoms with Gasteiger partial charge < -0.3 is 19.5 Å². The summed E-state index contributed by atoms with van der Waals surface area (Å²) in [6, 6.07) is 7.18. The minimum Gasteiger partial charge on any atom is -0.482 e. The van der Waals surface area contributed by atoms with Crippen molar-refractivity contribution in [2.45, 2.75) is 25.6 Å². The average Bonchev–Trinajstić information content (AvgIpc) is 2.46. The number of carbonyl (C=O) groups is 2. The molecule has 0 fully saturated rings. The molecule has 2 rings (SSSR count). The second-order valence-corrected chi connectivity index (χ2v) is 4.43. The fourth-order valence-electron chi connectivity index (χ4n) is 1.90. The number of methoxy groups -OCH3 is 1. The van der Waals surface area contributed by atoms with Gasteiger partial charge in [0.15, 0.2) is 11.5 Å². The largest absolute Gasteiger partial charge is 0.482 e. The van der Waals surface area contributed by atoms with Crippen LogP contribution in [0.25, 0.3) is 0 Å². The highest BCUT2D eigenvalue weighted by Crippen LogP contribution is 2.33. The monoisotopic (exact) mass is 279 g/mol. The first-order chi connectivity index (χ1) is 9.61. The number of ether oxygens (including phenoxy) is 3. The second-order valence-electron chi connectivity index (χ2n) is 4.43. The van der Waals surface area contributed by atoms with Crippen LogP contribution in [0, 0.1) is 0 Å². The van der Waals surface area contributed by atoms with Gasteiger partial charge in [-0.15, -0.1) is 0 Å². The van der Waals surface area contributed by atoms with Gasteiger partial charge in [-0.2, -0.15) is 0 Å². The number of esters is 1. The van der Waals surface area contributed by atoms with Crippen LogP contribution in [-0.4, -0.2) is 37.7 Å². The van der Waals surface area contributed by atoms with Gasteiger partial charge in [0.05, 0.1) is 13.5 Å². The highest BCUT2D eigenvalue weighted by Gasteiger charge is 2.33. The fraction of sp³-hybridized carbons (Fsp3) is 0.429. The molecular formula is C14H17NO5. The molecule has 0 aliphatic carbocycles. The zero-order valence-corrected chi connectivity index (χ0v) is 11.4. The number of para-hydroxylation sites is 2. The molecule has 20 heavy (non-hydrogen) atoms. The summed E-state index contributed by atoms with van der Waals surface area (Å²) < 4.78 is 15.8. The summed E-state index contributed by atoms with van der Waals surface area (Å²) >= 11 is 0. The van der Waals surface area contributed by atoms with Gasteiger partial charge in [-0.3, -0.25) is 9.59 Å². The molecule has 108 valence electrons. The molecule has 0 saturated carbocycles. The summed E-state index contributed by atoms with van der Waals surface area (Å²) in [5, 5.41) is 2.63. The second kappa shape index (κ2) is 6.27. The molecule has 1 N–H and O–H groups in total. The Morgan fingerprint density at radius 3 is 2.55 bits per heavy atom. The smallest absolute Gasteiger partial charge is 0.307 e. The first-order valence-corrected chi connectivity index (χ1v) is 6.38. The first-order valence-electron chi connectivity index (χ1n) is 6.38. The molecule has 1 aromatic carbocycles. The van der Waals surface area contributed by atoms with Gasteiger partial charge in [0.2, 0.25) is 6.10 Å². The van der Waals surface area contributed by atoms with Crippen molar-refractivity contribution in [2.75, 3.05) is 13.7 Å². The molecule has 1 aliphatic heterocycles. The molecule has 1 amide bonds. The molecule has 1 aliphatic rings. The Kier molecular flexibility index (Phi) is 4.45. The van der Waals surface area contributed by atoms with E-state index in [0.717, 1.165) is 0 Å². The van der Waals surface area contributed by atoms with Gasteiger partial charge in [0.1, 0.15) is 6.10 Å². The quantitative estimate of drug-likeness (QED) is 0.829. The molecule has 2 atom stereocenters. The van der Waals surface area contributed by atoms with Crippen molar-refractivity contribution in [1.29, 1.82) is 0 Å². The summed E-state index contributed by atoms with van der Waals surface area (Å²) in [6.07, 6.45) is -1.01. The fourth-order valence-corrected chi connectivity index (χ4v) is 1.90. The van der Waals surface area contributed by atoms with Crippen LogP contribution in [0.4, 0.5) is 0 Å². The number of fused-ring (bicyclic) bond motifs is 1. The molecule has 1 heterocycles. The summed E-state index contributed by atoms with van der Waals surface area (Å²) in [6.45, 7) is 1.97. The van der Waals surface area contributed by atoms with E-state index in [1.165, 1.54) is 7.11 Å². The Balaban J connectivity index is 1.92. The van der Waals surface area contributed by atoms with Crippen molar-refractivity contribution < 1.29 is 23.8 Å². The number of rotatable bonds is 4. The van der Waals surface area contributed by atoms with Gasteiger partial charge >= 0.3 is 5.97 Å². The summed E-state index contributed by atoms with van der Waals surface area (Å²) in [7, 11) is 1.31. The Labute approximate surface area is 117 Å². The SMILES string of the molecule is COC(=O)CCNC(=O)C1Oc2ccccc2OC1C. The molecule has 2 unspecified atom stereocenters. The third-order valence-corrected chi connectivity index (χ3v) is 2.96. The summed E-state index contributed by atoms with van der Waals surface area (Å²) in [5.41, 5.74) is 0. The van der Waals surface area contributed by atoms with E-state index in [9.17, 15) is 9.59 Å². The van der Waals surface area contributed by atoms with E-state index < -0.39 is 12.2 Å². The molecule has 0 radical (unpaired) electrons. The van der Waals surface area contributed by atoms with Crippen LogP contribution in [0.5, 0.6) is 11.5 Å². The van der Waals surface area contributed by atoms with E-state index in [4.69, 9.17) is 9.47 Å². The minimum absolute atomic E-state index is 0.126. The van der Waals surface area contributed by atoms with Crippen LogP contribution < -0.4 is 14.8 Å². The van der Waals surface area contributed by atoms with Crippen molar-refractivity contribution in [3.63, 3.8) is 0 Å². The molecule has 6 nitrogen and oxygen atoms in total. The maximum Gasteiger partial charge on any atom is 0.307 e. The number of hydrogen-bond acceptors (Lipinski definition) is 5. The average molecular weight is 279 g/mol. The molecule has 0 spiro atoms. The minimum atomic E-state index is -0.734. The Hall–Kier alpha value is -2.24. The van der Waals surface area contributed by atoms with Crippen molar-refractivity contribution in [3.05, 3.63) is 24.3 Å². The Bertz CT molecular complexity index is 502. The number of carbonyl (C=O) groups excluding carboxylic acids is 2. The van der Waals surface area contributed by atoms with Gasteiger partial charge in [-0.25, -0.2) is 0 Å². The van der Waals surface area contributed by atoms with E-state index in [2.05, 4.69) is 10.1 Å². The van der Waals surface area contributed by atoms with E-state index in [1.807, 2.05) is 12.1 Å². The van der Waals surface area contributed by atoms with Crippen LogP contribution in [-0.2, 0) is 14.3 Å². The maximum atomic E-state index is 12.0. The number of amides is 1. The van der Waals surface area contributed by atoms with E-state index in [-0.39, 0.29) is 24.8 Å². The molecule has 6 heteroatoms. The van der Waals surface area contributed by atoms with Gasteiger partial charge in [-0.1, -0.05) is 12.1 Å². The number of benzene rings is 1. The Morgan fingerprint density at radius 2 is 1.90 bits per heavy atom. The molecule has 0 bridgehead atoms. The van der Waals surface area contributed by atoms with Gasteiger partial charge in [-0.05, 0) is 19.1 Å². The number of hydrogen-bond donors (Lipinski definition) is 1. The zero-order chi connectivity index (χ0) is 14.5. The summed E-state index contributed by atoms with van der Waals surface area (Å²) in [4.78, 5) is 23.0.